The highest BCUT2D eigenvalue weighted by atomic mass is 16.6. The molecule has 4 nitrogen and oxygen atoms in total. The van der Waals surface area contributed by atoms with Gasteiger partial charge in [-0.15, -0.1) is 0 Å². The van der Waals surface area contributed by atoms with Crippen LogP contribution in [0.5, 0.6) is 0 Å². The molecule has 2 heterocycles. The van der Waals surface area contributed by atoms with Gasteiger partial charge in [0.15, 0.2) is 0 Å². The molecule has 2 aliphatic heterocycles. The molecule has 1 aromatic carbocycles. The number of benzene rings is 1. The SMILES string of the molecule is [B][C@@H]1O[C@]2(CC(=O)OCc3ccccc3)C(C)[C@@H]1O[C@@H]2CC. The third kappa shape index (κ3) is 2.57. The summed E-state index contributed by atoms with van der Waals surface area (Å²) in [7, 11) is 5.95. The number of hydrogen-bond acceptors (Lipinski definition) is 4. The Balaban J connectivity index is 1.64. The zero-order chi connectivity index (χ0) is 15.7. The Morgan fingerprint density at radius 2 is 2.09 bits per heavy atom. The van der Waals surface area contributed by atoms with Gasteiger partial charge in [-0.25, -0.2) is 0 Å². The van der Waals surface area contributed by atoms with Crippen molar-refractivity contribution in [3.05, 3.63) is 35.9 Å². The van der Waals surface area contributed by atoms with Crippen molar-refractivity contribution >= 4 is 13.8 Å². The van der Waals surface area contributed by atoms with Crippen LogP contribution in [-0.2, 0) is 25.6 Å². The van der Waals surface area contributed by atoms with Gasteiger partial charge in [0.25, 0.3) is 0 Å². The van der Waals surface area contributed by atoms with E-state index < -0.39 is 11.6 Å². The Morgan fingerprint density at radius 3 is 2.73 bits per heavy atom. The van der Waals surface area contributed by atoms with Gasteiger partial charge in [-0.1, -0.05) is 44.2 Å². The van der Waals surface area contributed by atoms with Gasteiger partial charge in [-0.05, 0) is 12.0 Å². The molecule has 2 radical (unpaired) electrons. The maximum atomic E-state index is 12.3. The summed E-state index contributed by atoms with van der Waals surface area (Å²) < 4.78 is 17.3. The first-order valence-corrected chi connectivity index (χ1v) is 7.85. The highest BCUT2D eigenvalue weighted by molar-refractivity contribution is 6.11. The first-order chi connectivity index (χ1) is 10.6. The third-order valence-corrected chi connectivity index (χ3v) is 4.84. The van der Waals surface area contributed by atoms with Crippen molar-refractivity contribution in [1.29, 1.82) is 0 Å². The second-order valence-corrected chi connectivity index (χ2v) is 6.15. The van der Waals surface area contributed by atoms with Crippen LogP contribution in [0.1, 0.15) is 32.3 Å². The Bertz CT molecular complexity index is 531. The standard InChI is InChI=1S/C17H21BO4/c1-3-13-17(11(2)15(21-13)16(18)22-17)9-14(19)20-10-12-7-5-4-6-8-12/h4-8,11,13,15-16H,3,9-10H2,1-2H3/t11?,13-,15+,16-,17-/m1/s1. The average Bonchev–Trinajstić information content (AvgIpc) is 2.91. The van der Waals surface area contributed by atoms with Crippen LogP contribution in [-0.4, -0.2) is 37.6 Å². The fraction of sp³-hybridized carbons (Fsp3) is 0.588. The number of ether oxygens (including phenoxy) is 3. The van der Waals surface area contributed by atoms with E-state index in [0.717, 1.165) is 12.0 Å². The molecule has 22 heavy (non-hydrogen) atoms. The average molecular weight is 300 g/mol. The Labute approximate surface area is 132 Å². The minimum atomic E-state index is -0.646. The van der Waals surface area contributed by atoms with Gasteiger partial charge in [0.05, 0.1) is 18.6 Å². The normalized spacial score (nSPS) is 36.5. The number of fused-ring (bicyclic) bond motifs is 2. The van der Waals surface area contributed by atoms with Gasteiger partial charge in [-0.3, -0.25) is 4.79 Å². The van der Waals surface area contributed by atoms with Crippen molar-refractivity contribution in [1.82, 2.24) is 0 Å². The molecule has 1 aromatic rings. The molecular weight excluding hydrogens is 279 g/mol. The highest BCUT2D eigenvalue weighted by Gasteiger charge is 2.63. The minimum absolute atomic E-state index is 0.0942. The van der Waals surface area contributed by atoms with Crippen molar-refractivity contribution in [3.63, 3.8) is 0 Å². The maximum absolute atomic E-state index is 12.3. The molecule has 2 aliphatic rings. The zero-order valence-corrected chi connectivity index (χ0v) is 13.0. The number of hydrogen-bond donors (Lipinski definition) is 0. The molecule has 0 aliphatic carbocycles. The second-order valence-electron chi connectivity index (χ2n) is 6.15. The summed E-state index contributed by atoms with van der Waals surface area (Å²) >= 11 is 0. The van der Waals surface area contributed by atoms with Crippen LogP contribution in [0.25, 0.3) is 0 Å². The molecular formula is C17H21BO4. The smallest absolute Gasteiger partial charge is 0.309 e. The summed E-state index contributed by atoms with van der Waals surface area (Å²) in [4.78, 5) is 12.3. The third-order valence-electron chi connectivity index (χ3n) is 4.84. The monoisotopic (exact) mass is 300 g/mol. The molecule has 2 bridgehead atoms. The van der Waals surface area contributed by atoms with Crippen LogP contribution in [0.3, 0.4) is 0 Å². The molecule has 1 unspecified atom stereocenters. The number of esters is 1. The lowest BCUT2D eigenvalue weighted by atomic mass is 9.80. The van der Waals surface area contributed by atoms with Crippen molar-refractivity contribution < 1.29 is 19.0 Å². The summed E-state index contributed by atoms with van der Waals surface area (Å²) in [5.74, 6) is -0.177. The molecule has 0 saturated carbocycles. The zero-order valence-electron chi connectivity index (χ0n) is 13.0. The maximum Gasteiger partial charge on any atom is 0.309 e. The van der Waals surface area contributed by atoms with Gasteiger partial charge < -0.3 is 14.2 Å². The van der Waals surface area contributed by atoms with Gasteiger partial charge in [0, 0.05) is 11.9 Å². The topological polar surface area (TPSA) is 44.8 Å². The van der Waals surface area contributed by atoms with Crippen LogP contribution in [0.4, 0.5) is 0 Å². The number of carbonyl (C=O) groups is 1. The van der Waals surface area contributed by atoms with Crippen molar-refractivity contribution in [2.24, 2.45) is 5.92 Å². The quantitative estimate of drug-likeness (QED) is 0.618. The van der Waals surface area contributed by atoms with E-state index in [1.165, 1.54) is 0 Å². The fourth-order valence-corrected chi connectivity index (χ4v) is 3.63. The van der Waals surface area contributed by atoms with E-state index in [0.29, 0.717) is 0 Å². The van der Waals surface area contributed by atoms with Crippen molar-refractivity contribution in [2.75, 3.05) is 0 Å². The van der Waals surface area contributed by atoms with Crippen LogP contribution >= 0.6 is 0 Å². The molecule has 3 rings (SSSR count). The molecule has 0 aromatic heterocycles. The van der Waals surface area contributed by atoms with Crippen molar-refractivity contribution in [3.8, 4) is 0 Å². The number of rotatable bonds is 5. The van der Waals surface area contributed by atoms with E-state index >= 15 is 0 Å². The Kier molecular flexibility index (Phi) is 4.28. The van der Waals surface area contributed by atoms with E-state index in [2.05, 4.69) is 0 Å². The van der Waals surface area contributed by atoms with Crippen LogP contribution in [0.15, 0.2) is 30.3 Å². The summed E-state index contributed by atoms with van der Waals surface area (Å²) in [5, 5.41) is 0. The van der Waals surface area contributed by atoms with E-state index in [1.54, 1.807) is 0 Å². The van der Waals surface area contributed by atoms with E-state index in [9.17, 15) is 4.79 Å². The van der Waals surface area contributed by atoms with Gasteiger partial charge in [0.2, 0.25) is 0 Å². The van der Waals surface area contributed by atoms with Gasteiger partial charge in [0.1, 0.15) is 20.1 Å². The predicted molar refractivity (Wildman–Crippen MR) is 82.3 cm³/mol. The summed E-state index contributed by atoms with van der Waals surface area (Å²) in [5.41, 5.74) is 0.324. The molecule has 0 spiro atoms. The molecule has 116 valence electrons. The lowest BCUT2D eigenvalue weighted by Gasteiger charge is -2.36. The van der Waals surface area contributed by atoms with Crippen LogP contribution in [0, 0.1) is 5.92 Å². The molecule has 5 atom stereocenters. The largest absolute Gasteiger partial charge is 0.461 e. The Morgan fingerprint density at radius 1 is 1.36 bits per heavy atom. The van der Waals surface area contributed by atoms with Gasteiger partial charge in [-0.2, -0.15) is 0 Å². The molecule has 0 amide bonds. The van der Waals surface area contributed by atoms with E-state index in [1.807, 2.05) is 44.2 Å². The summed E-state index contributed by atoms with van der Waals surface area (Å²) in [6.07, 6.45) is 0.743. The predicted octanol–water partition coefficient (Wildman–Crippen LogP) is 2.20. The Hall–Kier alpha value is -1.33. The van der Waals surface area contributed by atoms with Crippen LogP contribution < -0.4 is 0 Å². The highest BCUT2D eigenvalue weighted by Crippen LogP contribution is 2.50. The number of carbonyl (C=O) groups excluding carboxylic acids is 1. The van der Waals surface area contributed by atoms with Crippen LogP contribution in [0.2, 0.25) is 0 Å². The minimum Gasteiger partial charge on any atom is -0.461 e. The second kappa shape index (κ2) is 6.05. The molecule has 0 N–H and O–H groups in total. The fourth-order valence-electron chi connectivity index (χ4n) is 3.63. The molecule has 5 heteroatoms. The van der Waals surface area contributed by atoms with E-state index in [-0.39, 0.29) is 37.1 Å². The lowest BCUT2D eigenvalue weighted by molar-refractivity contribution is -0.180. The summed E-state index contributed by atoms with van der Waals surface area (Å²) in [6.45, 7) is 4.35. The van der Waals surface area contributed by atoms with E-state index in [4.69, 9.17) is 22.1 Å². The van der Waals surface area contributed by atoms with Crippen molar-refractivity contribution in [2.45, 2.75) is 57.1 Å². The molecule has 2 saturated heterocycles. The lowest BCUT2D eigenvalue weighted by Crippen LogP contribution is -2.47. The first-order valence-electron chi connectivity index (χ1n) is 7.85. The summed E-state index contributed by atoms with van der Waals surface area (Å²) in [6, 6.07) is 9.18. The molecule has 2 fully saturated rings. The van der Waals surface area contributed by atoms with Gasteiger partial charge >= 0.3 is 5.97 Å². The first kappa shape index (κ1) is 15.6.